The van der Waals surface area contributed by atoms with Crippen LogP contribution in [-0.2, 0) is 22.0 Å². The quantitative estimate of drug-likeness (QED) is 0.754. The predicted molar refractivity (Wildman–Crippen MR) is 101 cm³/mol. The maximum Gasteiger partial charge on any atom is 0.246 e. The fourth-order valence-corrected chi connectivity index (χ4v) is 4.18. The van der Waals surface area contributed by atoms with Gasteiger partial charge in [0.2, 0.25) is 10.0 Å². The summed E-state index contributed by atoms with van der Waals surface area (Å²) >= 11 is 0. The molecule has 1 heterocycles. The van der Waals surface area contributed by atoms with Gasteiger partial charge in [0.25, 0.3) is 0 Å². The summed E-state index contributed by atoms with van der Waals surface area (Å²) in [7, 11) is -1.90. The zero-order valence-corrected chi connectivity index (χ0v) is 16.7. The number of unbranched alkanes of at least 4 members (excludes halogenated alkanes) is 1. The van der Waals surface area contributed by atoms with Crippen LogP contribution >= 0.6 is 0 Å². The number of benzene rings is 1. The molecule has 0 spiro atoms. The second kappa shape index (κ2) is 7.70. The predicted octanol–water partition coefficient (Wildman–Crippen LogP) is 3.65. The maximum atomic E-state index is 13.0. The first kappa shape index (κ1) is 19.7. The molecule has 5 nitrogen and oxygen atoms in total. The Bertz CT molecular complexity index is 790. The van der Waals surface area contributed by atoms with Crippen LogP contribution in [0.5, 0.6) is 0 Å². The van der Waals surface area contributed by atoms with Gasteiger partial charge >= 0.3 is 0 Å². The molecule has 0 bridgehead atoms. The average Bonchev–Trinajstić information content (AvgIpc) is 2.98. The molecule has 25 heavy (non-hydrogen) atoms. The number of nitrogens with zero attached hydrogens (tertiary/aromatic N) is 3. The lowest BCUT2D eigenvalue weighted by molar-refractivity contribution is 0.455. The lowest BCUT2D eigenvalue weighted by Crippen LogP contribution is -2.29. The van der Waals surface area contributed by atoms with E-state index in [0.717, 1.165) is 18.4 Å². The van der Waals surface area contributed by atoms with Crippen LogP contribution in [0.15, 0.2) is 41.4 Å². The van der Waals surface area contributed by atoms with Crippen LogP contribution in [0, 0.1) is 0 Å². The Morgan fingerprint density at radius 2 is 1.80 bits per heavy atom. The highest BCUT2D eigenvalue weighted by Gasteiger charge is 2.32. The molecular formula is C19H29N3O2S. The van der Waals surface area contributed by atoms with Crippen molar-refractivity contribution in [1.29, 1.82) is 0 Å². The van der Waals surface area contributed by atoms with Gasteiger partial charge in [0.05, 0.1) is 12.2 Å². The topological polar surface area (TPSA) is 55.2 Å². The van der Waals surface area contributed by atoms with Crippen molar-refractivity contribution >= 4 is 10.0 Å². The van der Waals surface area contributed by atoms with Crippen LogP contribution in [-0.4, -0.2) is 36.1 Å². The standard InChI is InChI=1S/C19H29N3O2S/c1-6-7-13-21(5)25(23,24)17-15-22(20-18(17)19(2,3)4)14-16-11-9-8-10-12-16/h8-12,15H,6-7,13-14H2,1-5H3. The van der Waals surface area contributed by atoms with E-state index in [4.69, 9.17) is 0 Å². The third-order valence-corrected chi connectivity index (χ3v) is 6.00. The number of rotatable bonds is 7. The van der Waals surface area contributed by atoms with Gasteiger partial charge in [-0.3, -0.25) is 4.68 Å². The first-order valence-corrected chi connectivity index (χ1v) is 10.2. The summed E-state index contributed by atoms with van der Waals surface area (Å²) in [5.41, 5.74) is 1.36. The van der Waals surface area contributed by atoms with Gasteiger partial charge in [-0.2, -0.15) is 5.10 Å². The van der Waals surface area contributed by atoms with E-state index in [1.54, 1.807) is 17.9 Å². The second-order valence-electron chi connectivity index (χ2n) is 7.46. The van der Waals surface area contributed by atoms with E-state index >= 15 is 0 Å². The maximum absolute atomic E-state index is 13.0. The average molecular weight is 364 g/mol. The Labute approximate surface area is 151 Å². The van der Waals surface area contributed by atoms with Crippen LogP contribution in [0.2, 0.25) is 0 Å². The minimum absolute atomic E-state index is 0.314. The largest absolute Gasteiger partial charge is 0.267 e. The Balaban J connectivity index is 2.42. The number of sulfonamides is 1. The van der Waals surface area contributed by atoms with E-state index in [-0.39, 0.29) is 5.41 Å². The van der Waals surface area contributed by atoms with Gasteiger partial charge in [0.15, 0.2) is 0 Å². The second-order valence-corrected chi connectivity index (χ2v) is 9.47. The molecule has 0 atom stereocenters. The van der Waals surface area contributed by atoms with Crippen molar-refractivity contribution in [2.45, 2.75) is 57.4 Å². The van der Waals surface area contributed by atoms with Crippen molar-refractivity contribution in [2.75, 3.05) is 13.6 Å². The summed E-state index contributed by atoms with van der Waals surface area (Å²) in [6.45, 7) is 9.11. The monoisotopic (exact) mass is 363 g/mol. The Hall–Kier alpha value is -1.66. The van der Waals surface area contributed by atoms with Crippen LogP contribution in [0.4, 0.5) is 0 Å². The van der Waals surface area contributed by atoms with E-state index in [2.05, 4.69) is 12.0 Å². The first-order chi connectivity index (χ1) is 11.7. The van der Waals surface area contributed by atoms with Crippen molar-refractivity contribution in [1.82, 2.24) is 14.1 Å². The summed E-state index contributed by atoms with van der Waals surface area (Å²) < 4.78 is 29.3. The van der Waals surface area contributed by atoms with Gasteiger partial charge in [-0.15, -0.1) is 0 Å². The normalized spacial score (nSPS) is 12.7. The van der Waals surface area contributed by atoms with Crippen LogP contribution in [0.25, 0.3) is 0 Å². The molecule has 0 amide bonds. The zero-order valence-electron chi connectivity index (χ0n) is 15.9. The molecule has 6 heteroatoms. The minimum Gasteiger partial charge on any atom is -0.267 e. The molecule has 0 aliphatic heterocycles. The van der Waals surface area contributed by atoms with Crippen molar-refractivity contribution in [3.05, 3.63) is 47.8 Å². The van der Waals surface area contributed by atoms with E-state index in [0.29, 0.717) is 23.7 Å². The highest BCUT2D eigenvalue weighted by atomic mass is 32.2. The molecule has 138 valence electrons. The van der Waals surface area contributed by atoms with Crippen LogP contribution < -0.4 is 0 Å². The Morgan fingerprint density at radius 3 is 2.36 bits per heavy atom. The van der Waals surface area contributed by atoms with Gasteiger partial charge in [0, 0.05) is 25.2 Å². The van der Waals surface area contributed by atoms with E-state index in [1.165, 1.54) is 4.31 Å². The molecule has 0 aliphatic carbocycles. The molecule has 2 aromatic rings. The van der Waals surface area contributed by atoms with E-state index in [1.807, 2.05) is 51.1 Å². The highest BCUT2D eigenvalue weighted by molar-refractivity contribution is 7.89. The molecule has 2 rings (SSSR count). The molecule has 1 aromatic heterocycles. The van der Waals surface area contributed by atoms with Crippen LogP contribution in [0.1, 0.15) is 51.8 Å². The fraction of sp³-hybridized carbons (Fsp3) is 0.526. The summed E-state index contributed by atoms with van der Waals surface area (Å²) in [4.78, 5) is 0.314. The van der Waals surface area contributed by atoms with Crippen molar-refractivity contribution in [2.24, 2.45) is 0 Å². The first-order valence-electron chi connectivity index (χ1n) is 8.74. The third-order valence-electron chi connectivity index (χ3n) is 4.14. The fourth-order valence-electron chi connectivity index (χ4n) is 2.63. The van der Waals surface area contributed by atoms with Gasteiger partial charge in [0.1, 0.15) is 4.90 Å². The van der Waals surface area contributed by atoms with Gasteiger partial charge in [-0.25, -0.2) is 12.7 Å². The molecule has 0 unspecified atom stereocenters. The molecule has 0 fully saturated rings. The summed E-state index contributed by atoms with van der Waals surface area (Å²) in [5, 5.41) is 4.62. The summed E-state index contributed by atoms with van der Waals surface area (Å²) in [6.07, 6.45) is 3.48. The molecule has 1 aromatic carbocycles. The van der Waals surface area contributed by atoms with E-state index < -0.39 is 10.0 Å². The third kappa shape index (κ3) is 4.70. The Morgan fingerprint density at radius 1 is 1.16 bits per heavy atom. The van der Waals surface area contributed by atoms with Crippen molar-refractivity contribution in [3.63, 3.8) is 0 Å². The molecule has 0 aliphatic rings. The van der Waals surface area contributed by atoms with Crippen molar-refractivity contribution < 1.29 is 8.42 Å². The summed E-state index contributed by atoms with van der Waals surface area (Å²) in [6, 6.07) is 9.94. The molecule has 0 saturated carbocycles. The molecule has 0 N–H and O–H groups in total. The molecule has 0 radical (unpaired) electrons. The lowest BCUT2D eigenvalue weighted by Gasteiger charge is -2.21. The van der Waals surface area contributed by atoms with Gasteiger partial charge in [-0.1, -0.05) is 64.4 Å². The molecular weight excluding hydrogens is 334 g/mol. The molecule has 0 saturated heterocycles. The summed E-state index contributed by atoms with van der Waals surface area (Å²) in [5.74, 6) is 0. The SMILES string of the molecule is CCCCN(C)S(=O)(=O)c1cn(Cc2ccccc2)nc1C(C)(C)C. The van der Waals surface area contributed by atoms with Gasteiger partial charge in [-0.05, 0) is 12.0 Å². The number of aromatic nitrogens is 2. The van der Waals surface area contributed by atoms with Crippen LogP contribution in [0.3, 0.4) is 0 Å². The van der Waals surface area contributed by atoms with E-state index in [9.17, 15) is 8.42 Å². The van der Waals surface area contributed by atoms with Gasteiger partial charge < -0.3 is 0 Å². The number of hydrogen-bond acceptors (Lipinski definition) is 3. The lowest BCUT2D eigenvalue weighted by atomic mass is 9.92. The smallest absolute Gasteiger partial charge is 0.246 e. The zero-order chi connectivity index (χ0) is 18.7. The highest BCUT2D eigenvalue weighted by Crippen LogP contribution is 2.29. The number of hydrogen-bond donors (Lipinski definition) is 0. The minimum atomic E-state index is -3.55. The Kier molecular flexibility index (Phi) is 6.06. The van der Waals surface area contributed by atoms with Crippen molar-refractivity contribution in [3.8, 4) is 0 Å².